The Hall–Kier alpha value is -1.57. The molecule has 1 aromatic carbocycles. The van der Waals surface area contributed by atoms with Gasteiger partial charge in [0, 0.05) is 0 Å². The molecule has 16 heavy (non-hydrogen) atoms. The maximum Gasteiger partial charge on any atom is 0.313 e. The van der Waals surface area contributed by atoms with Crippen molar-refractivity contribution >= 4 is 5.97 Å². The van der Waals surface area contributed by atoms with E-state index < -0.39 is 0 Å². The van der Waals surface area contributed by atoms with Crippen LogP contribution >= 0.6 is 0 Å². The van der Waals surface area contributed by atoms with Gasteiger partial charge in [-0.15, -0.1) is 0 Å². The van der Waals surface area contributed by atoms with Gasteiger partial charge in [-0.25, -0.2) is 0 Å². The van der Waals surface area contributed by atoms with Crippen LogP contribution in [0.15, 0.2) is 43.0 Å². The highest BCUT2D eigenvalue weighted by Gasteiger charge is 2.20. The molecule has 0 aliphatic heterocycles. The molecule has 0 amide bonds. The number of carbonyl (C=O) groups is 1. The van der Waals surface area contributed by atoms with Gasteiger partial charge < -0.3 is 4.74 Å². The first-order valence-electron chi connectivity index (χ1n) is 5.62. The largest absolute Gasteiger partial charge is 0.461 e. The molecule has 86 valence electrons. The second-order valence-electron chi connectivity index (χ2n) is 3.67. The molecule has 1 atom stereocenters. The summed E-state index contributed by atoms with van der Waals surface area (Å²) in [7, 11) is 0. The highest BCUT2D eigenvalue weighted by molar-refractivity contribution is 5.78. The van der Waals surface area contributed by atoms with Gasteiger partial charge in [0.2, 0.25) is 0 Å². The Bertz CT molecular complexity index is 330. The van der Waals surface area contributed by atoms with Gasteiger partial charge >= 0.3 is 5.97 Å². The van der Waals surface area contributed by atoms with Crippen molar-refractivity contribution in [3.63, 3.8) is 0 Å². The normalized spacial score (nSPS) is 11.8. The van der Waals surface area contributed by atoms with Crippen LogP contribution in [0.5, 0.6) is 0 Å². The highest BCUT2D eigenvalue weighted by Crippen LogP contribution is 2.22. The topological polar surface area (TPSA) is 26.3 Å². The smallest absolute Gasteiger partial charge is 0.313 e. The molecule has 0 bridgehead atoms. The Balaban J connectivity index is 2.74. The molecular weight excluding hydrogens is 200 g/mol. The number of benzene rings is 1. The zero-order valence-electron chi connectivity index (χ0n) is 9.69. The predicted molar refractivity (Wildman–Crippen MR) is 65.2 cm³/mol. The molecule has 1 aromatic rings. The van der Waals surface area contributed by atoms with E-state index >= 15 is 0 Å². The van der Waals surface area contributed by atoms with Crippen LogP contribution in [0.25, 0.3) is 0 Å². The van der Waals surface area contributed by atoms with Gasteiger partial charge in [-0.1, -0.05) is 56.3 Å². The number of esters is 1. The maximum atomic E-state index is 11.8. The lowest BCUT2D eigenvalue weighted by atomic mass is 9.95. The molecule has 0 saturated heterocycles. The number of carbonyl (C=O) groups excluding carboxylic acids is 1. The van der Waals surface area contributed by atoms with Crippen molar-refractivity contribution in [3.05, 3.63) is 48.6 Å². The summed E-state index contributed by atoms with van der Waals surface area (Å²) >= 11 is 0. The van der Waals surface area contributed by atoms with Crippen molar-refractivity contribution in [2.45, 2.75) is 25.7 Å². The fourth-order valence-electron chi connectivity index (χ4n) is 1.64. The fraction of sp³-hybridized carbons (Fsp3) is 0.357. The molecule has 0 fully saturated rings. The Labute approximate surface area is 96.9 Å². The van der Waals surface area contributed by atoms with Crippen molar-refractivity contribution in [1.82, 2.24) is 0 Å². The second kappa shape index (κ2) is 6.83. The molecular formula is C14H18O2. The summed E-state index contributed by atoms with van der Waals surface area (Å²) in [5, 5.41) is 0. The molecule has 2 nitrogen and oxygen atoms in total. The van der Waals surface area contributed by atoms with Gasteiger partial charge in [0.25, 0.3) is 0 Å². The summed E-state index contributed by atoms with van der Waals surface area (Å²) in [5.74, 6) is -0.306. The average molecular weight is 218 g/mol. The summed E-state index contributed by atoms with van der Waals surface area (Å²) in [5.41, 5.74) is 1.03. The first-order chi connectivity index (χ1) is 7.79. The standard InChI is InChI=1S/C14H18O2/c1-3-8-13(14(15)16-11-4-2)12-9-6-5-7-10-12/h4-7,9-10,13H,2-3,8,11H2,1H3. The van der Waals surface area contributed by atoms with E-state index in [9.17, 15) is 4.79 Å². The van der Waals surface area contributed by atoms with E-state index in [4.69, 9.17) is 4.74 Å². The van der Waals surface area contributed by atoms with E-state index in [1.165, 1.54) is 0 Å². The van der Waals surface area contributed by atoms with Crippen molar-refractivity contribution in [3.8, 4) is 0 Å². The van der Waals surface area contributed by atoms with Crippen molar-refractivity contribution in [2.75, 3.05) is 6.61 Å². The molecule has 0 spiro atoms. The van der Waals surface area contributed by atoms with Crippen molar-refractivity contribution in [2.24, 2.45) is 0 Å². The lowest BCUT2D eigenvalue weighted by Crippen LogP contribution is -2.16. The summed E-state index contributed by atoms with van der Waals surface area (Å²) in [6.45, 7) is 5.88. The van der Waals surface area contributed by atoms with E-state index in [0.717, 1.165) is 18.4 Å². The van der Waals surface area contributed by atoms with Gasteiger partial charge in [0.05, 0.1) is 5.92 Å². The van der Waals surface area contributed by atoms with Crippen LogP contribution in [0.2, 0.25) is 0 Å². The van der Waals surface area contributed by atoms with E-state index in [2.05, 4.69) is 13.5 Å². The van der Waals surface area contributed by atoms with E-state index in [-0.39, 0.29) is 18.5 Å². The zero-order chi connectivity index (χ0) is 11.8. The summed E-state index contributed by atoms with van der Waals surface area (Å²) in [4.78, 5) is 11.8. The molecule has 1 unspecified atom stereocenters. The third-order valence-electron chi connectivity index (χ3n) is 2.41. The number of hydrogen-bond donors (Lipinski definition) is 0. The summed E-state index contributed by atoms with van der Waals surface area (Å²) in [6, 6.07) is 9.77. The number of rotatable bonds is 6. The monoisotopic (exact) mass is 218 g/mol. The molecule has 0 N–H and O–H groups in total. The van der Waals surface area contributed by atoms with Crippen LogP contribution in [-0.2, 0) is 9.53 Å². The maximum absolute atomic E-state index is 11.8. The number of ether oxygens (including phenoxy) is 1. The predicted octanol–water partition coefficient (Wildman–Crippen LogP) is 3.30. The molecule has 0 aromatic heterocycles. The molecule has 0 aliphatic carbocycles. The molecule has 0 heterocycles. The van der Waals surface area contributed by atoms with Gasteiger partial charge in [-0.3, -0.25) is 4.79 Å². The van der Waals surface area contributed by atoms with Gasteiger partial charge in [-0.05, 0) is 12.0 Å². The van der Waals surface area contributed by atoms with Crippen LogP contribution < -0.4 is 0 Å². The van der Waals surface area contributed by atoms with Crippen LogP contribution in [0.1, 0.15) is 31.2 Å². The third-order valence-corrected chi connectivity index (χ3v) is 2.41. The van der Waals surface area contributed by atoms with Gasteiger partial charge in [-0.2, -0.15) is 0 Å². The van der Waals surface area contributed by atoms with Crippen LogP contribution in [0, 0.1) is 0 Å². The minimum Gasteiger partial charge on any atom is -0.461 e. The lowest BCUT2D eigenvalue weighted by molar-refractivity contribution is -0.144. The molecule has 0 radical (unpaired) electrons. The Morgan fingerprint density at radius 1 is 1.44 bits per heavy atom. The lowest BCUT2D eigenvalue weighted by Gasteiger charge is -2.14. The van der Waals surface area contributed by atoms with E-state index in [0.29, 0.717) is 0 Å². The average Bonchev–Trinajstić information content (AvgIpc) is 2.34. The fourth-order valence-corrected chi connectivity index (χ4v) is 1.64. The Morgan fingerprint density at radius 2 is 2.12 bits per heavy atom. The van der Waals surface area contributed by atoms with Gasteiger partial charge in [0.15, 0.2) is 0 Å². The molecule has 1 rings (SSSR count). The first kappa shape index (κ1) is 12.5. The number of hydrogen-bond acceptors (Lipinski definition) is 2. The molecule has 2 heteroatoms. The summed E-state index contributed by atoms with van der Waals surface area (Å²) < 4.78 is 5.10. The Morgan fingerprint density at radius 3 is 2.69 bits per heavy atom. The third kappa shape index (κ3) is 3.54. The SMILES string of the molecule is C=CCOC(=O)C(CCC)c1ccccc1. The second-order valence-corrected chi connectivity index (χ2v) is 3.67. The van der Waals surface area contributed by atoms with Crippen LogP contribution in [0.4, 0.5) is 0 Å². The molecule has 0 saturated carbocycles. The summed E-state index contributed by atoms with van der Waals surface area (Å²) in [6.07, 6.45) is 3.37. The molecule has 0 aliphatic rings. The van der Waals surface area contributed by atoms with Crippen LogP contribution in [0.3, 0.4) is 0 Å². The van der Waals surface area contributed by atoms with E-state index in [1.54, 1.807) is 6.08 Å². The van der Waals surface area contributed by atoms with Crippen molar-refractivity contribution in [1.29, 1.82) is 0 Å². The highest BCUT2D eigenvalue weighted by atomic mass is 16.5. The van der Waals surface area contributed by atoms with Crippen molar-refractivity contribution < 1.29 is 9.53 Å². The van der Waals surface area contributed by atoms with Gasteiger partial charge in [0.1, 0.15) is 6.61 Å². The zero-order valence-corrected chi connectivity index (χ0v) is 9.69. The minimum absolute atomic E-state index is 0.147. The Kier molecular flexibility index (Phi) is 5.34. The van der Waals surface area contributed by atoms with Crippen LogP contribution in [-0.4, -0.2) is 12.6 Å². The quantitative estimate of drug-likeness (QED) is 0.541. The minimum atomic E-state index is -0.159. The first-order valence-corrected chi connectivity index (χ1v) is 5.62. The van der Waals surface area contributed by atoms with E-state index in [1.807, 2.05) is 30.3 Å².